The number of thiazole rings is 1. The molecule has 0 fully saturated rings. The molecule has 0 saturated heterocycles. The molecule has 14 heavy (non-hydrogen) atoms. The van der Waals surface area contributed by atoms with Gasteiger partial charge < -0.3 is 0 Å². The lowest BCUT2D eigenvalue weighted by Crippen LogP contribution is -1.80. The van der Waals surface area contributed by atoms with Gasteiger partial charge in [0.25, 0.3) is 0 Å². The van der Waals surface area contributed by atoms with E-state index in [-0.39, 0.29) is 0 Å². The monoisotopic (exact) mass is 243 g/mol. The number of rotatable bonds is 2. The molecule has 0 aliphatic carbocycles. The Kier molecular flexibility index (Phi) is 3.06. The number of benzene rings is 1. The lowest BCUT2D eigenvalue weighted by Gasteiger charge is -1.98. The van der Waals surface area contributed by atoms with Crippen LogP contribution in [0.2, 0.25) is 5.02 Å². The molecule has 0 radical (unpaired) electrons. The van der Waals surface area contributed by atoms with E-state index in [2.05, 4.69) is 4.98 Å². The smallest absolute Gasteiger partial charge is 0.108 e. The first-order chi connectivity index (χ1) is 6.81. The van der Waals surface area contributed by atoms with Crippen LogP contribution in [0.1, 0.15) is 5.01 Å². The third-order valence-corrected chi connectivity index (χ3v) is 3.41. The summed E-state index contributed by atoms with van der Waals surface area (Å²) in [5.74, 6) is 0.453. The second kappa shape index (κ2) is 4.30. The summed E-state index contributed by atoms with van der Waals surface area (Å²) >= 11 is 13.3. The van der Waals surface area contributed by atoms with Crippen molar-refractivity contribution in [1.29, 1.82) is 0 Å². The van der Waals surface area contributed by atoms with Crippen LogP contribution in [0, 0.1) is 0 Å². The molecule has 0 aliphatic rings. The fourth-order valence-corrected chi connectivity index (χ4v) is 2.29. The number of hydrogen-bond acceptors (Lipinski definition) is 2. The van der Waals surface area contributed by atoms with Crippen molar-refractivity contribution in [2.24, 2.45) is 0 Å². The quantitative estimate of drug-likeness (QED) is 0.721. The number of nitrogens with zero attached hydrogens (tertiary/aromatic N) is 1. The van der Waals surface area contributed by atoms with E-state index in [1.165, 1.54) is 0 Å². The lowest BCUT2D eigenvalue weighted by molar-refractivity contribution is 1.26. The first-order valence-corrected chi connectivity index (χ1v) is 5.86. The Morgan fingerprint density at radius 1 is 1.29 bits per heavy atom. The fourth-order valence-electron chi connectivity index (χ4n) is 1.16. The van der Waals surface area contributed by atoms with E-state index in [4.69, 9.17) is 23.2 Å². The summed E-state index contributed by atoms with van der Waals surface area (Å²) in [6.07, 6.45) is 0. The molecule has 1 aromatic carbocycles. The van der Waals surface area contributed by atoms with Crippen molar-refractivity contribution in [2.45, 2.75) is 5.88 Å². The summed E-state index contributed by atoms with van der Waals surface area (Å²) < 4.78 is 0. The van der Waals surface area contributed by atoms with Crippen LogP contribution in [0.4, 0.5) is 0 Å². The zero-order valence-corrected chi connectivity index (χ0v) is 9.53. The normalized spacial score (nSPS) is 10.4. The minimum absolute atomic E-state index is 0.453. The highest BCUT2D eigenvalue weighted by Crippen LogP contribution is 2.28. The van der Waals surface area contributed by atoms with Gasteiger partial charge in [-0.2, -0.15) is 0 Å². The second-order valence-corrected chi connectivity index (χ2v) is 4.36. The van der Waals surface area contributed by atoms with Crippen molar-refractivity contribution in [3.05, 3.63) is 39.7 Å². The van der Waals surface area contributed by atoms with Gasteiger partial charge in [-0.25, -0.2) is 4.98 Å². The van der Waals surface area contributed by atoms with Gasteiger partial charge in [-0.05, 0) is 6.07 Å². The average Bonchev–Trinajstić information content (AvgIpc) is 2.67. The predicted octanol–water partition coefficient (Wildman–Crippen LogP) is 4.20. The van der Waals surface area contributed by atoms with Gasteiger partial charge in [-0.15, -0.1) is 22.9 Å². The lowest BCUT2D eigenvalue weighted by atomic mass is 10.2. The van der Waals surface area contributed by atoms with Crippen molar-refractivity contribution in [1.82, 2.24) is 4.98 Å². The molecule has 0 saturated carbocycles. The minimum Gasteiger partial charge on any atom is -0.240 e. The van der Waals surface area contributed by atoms with Gasteiger partial charge >= 0.3 is 0 Å². The van der Waals surface area contributed by atoms with Gasteiger partial charge in [-0.3, -0.25) is 0 Å². The number of alkyl halides is 1. The Balaban J connectivity index is 2.44. The summed E-state index contributed by atoms with van der Waals surface area (Å²) in [5.41, 5.74) is 1.86. The molecular weight excluding hydrogens is 237 g/mol. The molecule has 0 N–H and O–H groups in total. The molecule has 1 aromatic heterocycles. The van der Waals surface area contributed by atoms with Crippen LogP contribution in [0.3, 0.4) is 0 Å². The number of aromatic nitrogens is 1. The van der Waals surface area contributed by atoms with Gasteiger partial charge in [0.05, 0.1) is 11.6 Å². The van der Waals surface area contributed by atoms with E-state index in [0.717, 1.165) is 21.3 Å². The molecule has 4 heteroatoms. The zero-order valence-electron chi connectivity index (χ0n) is 7.21. The van der Waals surface area contributed by atoms with Gasteiger partial charge in [0.1, 0.15) is 5.01 Å². The first kappa shape index (κ1) is 9.97. The molecule has 0 unspecified atom stereocenters. The highest BCUT2D eigenvalue weighted by molar-refractivity contribution is 7.10. The van der Waals surface area contributed by atoms with Crippen LogP contribution in [0.25, 0.3) is 11.3 Å². The molecule has 0 amide bonds. The minimum atomic E-state index is 0.453. The van der Waals surface area contributed by atoms with Gasteiger partial charge in [0.15, 0.2) is 0 Å². The van der Waals surface area contributed by atoms with Crippen LogP contribution in [-0.2, 0) is 5.88 Å². The van der Waals surface area contributed by atoms with Crippen molar-refractivity contribution in [3.8, 4) is 11.3 Å². The molecule has 0 aliphatic heterocycles. The fraction of sp³-hybridized carbons (Fsp3) is 0.100. The Morgan fingerprint density at radius 2 is 2.07 bits per heavy atom. The van der Waals surface area contributed by atoms with E-state index in [9.17, 15) is 0 Å². The maximum atomic E-state index is 6.04. The van der Waals surface area contributed by atoms with Crippen molar-refractivity contribution in [3.63, 3.8) is 0 Å². The third-order valence-electron chi connectivity index (χ3n) is 1.82. The Morgan fingerprint density at radius 3 is 2.71 bits per heavy atom. The van der Waals surface area contributed by atoms with E-state index in [1.807, 2.05) is 29.6 Å². The molecule has 0 atom stereocenters. The topological polar surface area (TPSA) is 12.9 Å². The number of halogens is 2. The molecule has 2 rings (SSSR count). The van der Waals surface area contributed by atoms with Crippen molar-refractivity contribution in [2.75, 3.05) is 0 Å². The SMILES string of the molecule is ClCc1nc(-c2ccccc2Cl)cs1. The summed E-state index contributed by atoms with van der Waals surface area (Å²) in [7, 11) is 0. The van der Waals surface area contributed by atoms with E-state index < -0.39 is 0 Å². The molecule has 72 valence electrons. The maximum absolute atomic E-state index is 6.04. The van der Waals surface area contributed by atoms with Crippen LogP contribution < -0.4 is 0 Å². The summed E-state index contributed by atoms with van der Waals surface area (Å²) in [6, 6.07) is 7.66. The summed E-state index contributed by atoms with van der Waals surface area (Å²) in [6.45, 7) is 0. The standard InChI is InChI=1S/C10H7Cl2NS/c11-5-10-13-9(6-14-10)7-3-1-2-4-8(7)12/h1-4,6H,5H2. The van der Waals surface area contributed by atoms with Crippen LogP contribution in [0.15, 0.2) is 29.6 Å². The molecule has 1 heterocycles. The molecule has 0 spiro atoms. The largest absolute Gasteiger partial charge is 0.240 e. The van der Waals surface area contributed by atoms with Crippen molar-refractivity contribution < 1.29 is 0 Å². The predicted molar refractivity (Wildman–Crippen MR) is 62.1 cm³/mol. The van der Waals surface area contributed by atoms with E-state index in [0.29, 0.717) is 5.88 Å². The van der Waals surface area contributed by atoms with Crippen LogP contribution in [-0.4, -0.2) is 4.98 Å². The van der Waals surface area contributed by atoms with Gasteiger partial charge in [0.2, 0.25) is 0 Å². The maximum Gasteiger partial charge on any atom is 0.108 e. The van der Waals surface area contributed by atoms with E-state index >= 15 is 0 Å². The van der Waals surface area contributed by atoms with Gasteiger partial charge in [0, 0.05) is 16.0 Å². The van der Waals surface area contributed by atoms with Crippen molar-refractivity contribution >= 4 is 34.5 Å². The summed E-state index contributed by atoms with van der Waals surface area (Å²) in [5, 5.41) is 3.61. The zero-order chi connectivity index (χ0) is 9.97. The molecule has 1 nitrogen and oxygen atoms in total. The summed E-state index contributed by atoms with van der Waals surface area (Å²) in [4.78, 5) is 4.36. The highest BCUT2D eigenvalue weighted by atomic mass is 35.5. The van der Waals surface area contributed by atoms with Gasteiger partial charge in [-0.1, -0.05) is 29.8 Å². The first-order valence-electron chi connectivity index (χ1n) is 4.06. The second-order valence-electron chi connectivity index (χ2n) is 2.74. The van der Waals surface area contributed by atoms with E-state index in [1.54, 1.807) is 11.3 Å². The molecule has 0 bridgehead atoms. The highest BCUT2D eigenvalue weighted by Gasteiger charge is 2.06. The molecule has 2 aromatic rings. The average molecular weight is 244 g/mol. The Bertz CT molecular complexity index is 439. The third kappa shape index (κ3) is 1.92. The Hall–Kier alpha value is -0.570. The van der Waals surface area contributed by atoms with Crippen LogP contribution >= 0.6 is 34.5 Å². The van der Waals surface area contributed by atoms with Crippen LogP contribution in [0.5, 0.6) is 0 Å². The molecular formula is C10H7Cl2NS. The Labute approximate surface area is 96.3 Å². The number of hydrogen-bond donors (Lipinski definition) is 0.